The third-order valence-electron chi connectivity index (χ3n) is 7.39. The lowest BCUT2D eigenvalue weighted by atomic mass is 9.09. The Morgan fingerprint density at radius 3 is 1.25 bits per heavy atom. The second-order valence-corrected chi connectivity index (χ2v) is 7.55. The van der Waals surface area contributed by atoms with Gasteiger partial charge in [0.1, 0.15) is 0 Å². The lowest BCUT2D eigenvalue weighted by Crippen LogP contribution is -2.92. The Morgan fingerprint density at radius 2 is 0.950 bits per heavy atom. The summed E-state index contributed by atoms with van der Waals surface area (Å²) in [7, 11) is 0. The Hall–Kier alpha value is -1.06. The topological polar surface area (TPSA) is 52.6 Å². The van der Waals surface area contributed by atoms with E-state index in [1.165, 1.54) is 13.8 Å². The molecule has 0 aromatic heterocycles. The van der Waals surface area contributed by atoms with Crippen molar-refractivity contribution in [3.63, 3.8) is 0 Å². The SMILES string of the molecule is CC(=O)OC[C@@H]1C2[C@H]3C4C5[C@H](C([C@H]53)[C@@H]1COC(C)=O)[C@@H]42. The molecule has 4 heteroatoms. The number of carbonyl (C=O) groups excluding carboxylic acids is 2. The Kier molecular flexibility index (Phi) is 1.97. The Labute approximate surface area is 118 Å². The first kappa shape index (κ1) is 11.6. The molecule has 6 fully saturated rings. The number of ether oxygens (including phenoxy) is 2. The quantitative estimate of drug-likeness (QED) is 0.727. The molecule has 4 unspecified atom stereocenters. The summed E-state index contributed by atoms with van der Waals surface area (Å²) in [5.74, 6) is 7.75. The Morgan fingerprint density at radius 1 is 0.650 bits per heavy atom. The van der Waals surface area contributed by atoms with Crippen LogP contribution >= 0.6 is 0 Å². The molecule has 0 aromatic carbocycles. The van der Waals surface area contributed by atoms with Crippen LogP contribution in [0.3, 0.4) is 0 Å². The summed E-state index contributed by atoms with van der Waals surface area (Å²) in [6, 6.07) is 0. The largest absolute Gasteiger partial charge is 0.466 e. The predicted octanol–water partition coefficient (Wildman–Crippen LogP) is 1.34. The van der Waals surface area contributed by atoms with E-state index in [1.807, 2.05) is 0 Å². The third kappa shape index (κ3) is 1.02. The second kappa shape index (κ2) is 3.40. The molecule has 6 rings (SSSR count). The van der Waals surface area contributed by atoms with Crippen LogP contribution in [0, 0.1) is 59.2 Å². The van der Waals surface area contributed by atoms with E-state index in [1.54, 1.807) is 0 Å². The number of hydrogen-bond acceptors (Lipinski definition) is 4. The smallest absolute Gasteiger partial charge is 0.302 e. The van der Waals surface area contributed by atoms with Crippen LogP contribution in [0.25, 0.3) is 0 Å². The highest BCUT2D eigenvalue weighted by atomic mass is 16.5. The molecule has 6 saturated carbocycles. The summed E-state index contributed by atoms with van der Waals surface area (Å²) >= 11 is 0. The fourth-order valence-corrected chi connectivity index (χ4v) is 7.16. The number of carbonyl (C=O) groups is 2. The van der Waals surface area contributed by atoms with Crippen molar-refractivity contribution in [2.24, 2.45) is 59.2 Å². The van der Waals surface area contributed by atoms with Crippen LogP contribution in [0.1, 0.15) is 13.8 Å². The molecule has 0 aromatic rings. The van der Waals surface area contributed by atoms with Crippen molar-refractivity contribution in [2.45, 2.75) is 13.8 Å². The minimum atomic E-state index is -0.192. The van der Waals surface area contributed by atoms with Crippen molar-refractivity contribution in [2.75, 3.05) is 13.2 Å². The van der Waals surface area contributed by atoms with Crippen LogP contribution in [0.4, 0.5) is 0 Å². The average molecular weight is 276 g/mol. The summed E-state index contributed by atoms with van der Waals surface area (Å²) < 4.78 is 10.6. The zero-order valence-corrected chi connectivity index (χ0v) is 11.8. The molecule has 0 aliphatic heterocycles. The first-order chi connectivity index (χ1) is 9.61. The number of esters is 2. The van der Waals surface area contributed by atoms with Gasteiger partial charge < -0.3 is 9.47 Å². The van der Waals surface area contributed by atoms with Crippen LogP contribution in [0.15, 0.2) is 0 Å². The van der Waals surface area contributed by atoms with Crippen LogP contribution in [-0.2, 0) is 19.1 Å². The van der Waals surface area contributed by atoms with E-state index in [0.717, 1.165) is 47.3 Å². The Bertz CT molecular complexity index is 449. The van der Waals surface area contributed by atoms with E-state index < -0.39 is 0 Å². The monoisotopic (exact) mass is 276 g/mol. The predicted molar refractivity (Wildman–Crippen MR) is 68.2 cm³/mol. The van der Waals surface area contributed by atoms with Gasteiger partial charge in [-0.05, 0) is 47.3 Å². The van der Waals surface area contributed by atoms with Gasteiger partial charge in [0.05, 0.1) is 13.2 Å². The first-order valence-electron chi connectivity index (χ1n) is 7.88. The van der Waals surface area contributed by atoms with Gasteiger partial charge in [0.15, 0.2) is 0 Å². The minimum absolute atomic E-state index is 0.192. The van der Waals surface area contributed by atoms with Crippen LogP contribution in [-0.4, -0.2) is 25.2 Å². The maximum atomic E-state index is 11.1. The van der Waals surface area contributed by atoms with E-state index in [0.29, 0.717) is 25.0 Å². The number of hydrogen-bond donors (Lipinski definition) is 0. The maximum Gasteiger partial charge on any atom is 0.302 e. The van der Waals surface area contributed by atoms with Crippen LogP contribution in [0.5, 0.6) is 0 Å². The normalized spacial score (nSPS) is 58.3. The summed E-state index contributed by atoms with van der Waals surface area (Å²) in [6.45, 7) is 4.02. The lowest BCUT2D eigenvalue weighted by molar-refractivity contribution is -0.488. The molecule has 0 amide bonds. The second-order valence-electron chi connectivity index (χ2n) is 7.55. The molecule has 0 radical (unpaired) electrons. The zero-order chi connectivity index (χ0) is 13.8. The van der Waals surface area contributed by atoms with Crippen LogP contribution < -0.4 is 0 Å². The van der Waals surface area contributed by atoms with Gasteiger partial charge in [-0.1, -0.05) is 0 Å². The van der Waals surface area contributed by atoms with Crippen molar-refractivity contribution >= 4 is 11.9 Å². The maximum absolute atomic E-state index is 11.1. The van der Waals surface area contributed by atoms with E-state index >= 15 is 0 Å². The fraction of sp³-hybridized carbons (Fsp3) is 0.875. The molecular formula is C16H20O4. The van der Waals surface area contributed by atoms with Crippen molar-refractivity contribution < 1.29 is 19.1 Å². The minimum Gasteiger partial charge on any atom is -0.466 e. The van der Waals surface area contributed by atoms with Crippen molar-refractivity contribution in [1.82, 2.24) is 0 Å². The third-order valence-corrected chi connectivity index (χ3v) is 7.39. The molecule has 0 heterocycles. The summed E-state index contributed by atoms with van der Waals surface area (Å²) in [6.07, 6.45) is 0. The van der Waals surface area contributed by atoms with Gasteiger partial charge in [-0.15, -0.1) is 0 Å². The lowest BCUT2D eigenvalue weighted by Gasteiger charge is -2.95. The Balaban J connectivity index is 1.37. The molecule has 20 heavy (non-hydrogen) atoms. The van der Waals surface area contributed by atoms with Gasteiger partial charge in [0.25, 0.3) is 0 Å². The highest BCUT2D eigenvalue weighted by Gasteiger charge is 2.90. The zero-order valence-electron chi connectivity index (χ0n) is 11.8. The molecule has 108 valence electrons. The molecule has 6 aliphatic carbocycles. The standard InChI is InChI=1S/C16H20O4/c1-5(17)19-3-7-8(4-20-6(2)18)10-13-11-9(7)12-14(10)16(13)15(11)12/h7-16H,3-4H2,1-2H3/t7-,8+,9?,10?,11-,12+,13+,14-,15?,16?. The van der Waals surface area contributed by atoms with Gasteiger partial charge in [-0.3, -0.25) is 9.59 Å². The average Bonchev–Trinajstić information content (AvgIpc) is 2.35. The highest BCUT2D eigenvalue weighted by molar-refractivity contribution is 5.66. The molecule has 0 spiro atoms. The summed E-state index contributed by atoms with van der Waals surface area (Å²) in [5.41, 5.74) is 0. The van der Waals surface area contributed by atoms with Gasteiger partial charge >= 0.3 is 11.9 Å². The molecule has 4 nitrogen and oxygen atoms in total. The van der Waals surface area contributed by atoms with E-state index in [4.69, 9.17) is 9.47 Å². The van der Waals surface area contributed by atoms with Crippen molar-refractivity contribution in [3.8, 4) is 0 Å². The van der Waals surface area contributed by atoms with Gasteiger partial charge in [0, 0.05) is 25.7 Å². The van der Waals surface area contributed by atoms with Crippen molar-refractivity contribution in [1.29, 1.82) is 0 Å². The number of rotatable bonds is 4. The van der Waals surface area contributed by atoms with E-state index in [9.17, 15) is 9.59 Å². The summed E-state index contributed by atoms with van der Waals surface area (Å²) in [4.78, 5) is 22.3. The van der Waals surface area contributed by atoms with Gasteiger partial charge in [0.2, 0.25) is 0 Å². The molecule has 2 bridgehead atoms. The van der Waals surface area contributed by atoms with E-state index in [2.05, 4.69) is 0 Å². The molecule has 0 saturated heterocycles. The molecule has 10 atom stereocenters. The fourth-order valence-electron chi connectivity index (χ4n) is 7.16. The molecular weight excluding hydrogens is 256 g/mol. The molecule has 6 aliphatic rings. The summed E-state index contributed by atoms with van der Waals surface area (Å²) in [5, 5.41) is 0. The van der Waals surface area contributed by atoms with Crippen LogP contribution in [0.2, 0.25) is 0 Å². The van der Waals surface area contributed by atoms with E-state index in [-0.39, 0.29) is 11.9 Å². The molecule has 0 N–H and O–H groups in total. The highest BCUT2D eigenvalue weighted by Crippen LogP contribution is 2.93. The van der Waals surface area contributed by atoms with Gasteiger partial charge in [-0.25, -0.2) is 0 Å². The first-order valence-corrected chi connectivity index (χ1v) is 7.88. The van der Waals surface area contributed by atoms with Gasteiger partial charge in [-0.2, -0.15) is 0 Å². The van der Waals surface area contributed by atoms with Crippen molar-refractivity contribution in [3.05, 3.63) is 0 Å². The number of fused-ring (bicyclic) bond motifs is 1.